The summed E-state index contributed by atoms with van der Waals surface area (Å²) in [6, 6.07) is 3.87. The summed E-state index contributed by atoms with van der Waals surface area (Å²) in [5, 5.41) is 5.01. The number of ketones is 1. The Balaban J connectivity index is 3.34. The zero-order chi connectivity index (χ0) is 13.9. The lowest BCUT2D eigenvalue weighted by Crippen LogP contribution is -2.15. The molecule has 0 saturated carbocycles. The van der Waals surface area contributed by atoms with Crippen molar-refractivity contribution >= 4 is 27.4 Å². The summed E-state index contributed by atoms with van der Waals surface area (Å²) in [6.07, 6.45) is -0.146. The van der Waals surface area contributed by atoms with E-state index in [1.54, 1.807) is 13.8 Å². The summed E-state index contributed by atoms with van der Waals surface area (Å²) < 4.78 is 27.9. The number of ether oxygens (including phenoxy) is 1. The highest BCUT2D eigenvalue weighted by Crippen LogP contribution is 2.24. The fourth-order valence-corrected chi connectivity index (χ4v) is 2.02. The second-order valence-electron chi connectivity index (χ2n) is 3.93. The molecule has 0 amide bonds. The number of rotatable bonds is 5. The number of primary sulfonamides is 1. The van der Waals surface area contributed by atoms with Crippen LogP contribution < -0.4 is 9.88 Å². The van der Waals surface area contributed by atoms with E-state index in [1.165, 1.54) is 18.2 Å². The molecule has 0 aromatic heterocycles. The molecule has 0 spiro atoms. The Morgan fingerprint density at radius 1 is 1.44 bits per heavy atom. The van der Waals surface area contributed by atoms with Crippen LogP contribution in [0.2, 0.25) is 0 Å². The van der Waals surface area contributed by atoms with Crippen molar-refractivity contribution in [3.8, 4) is 5.75 Å². The number of halogens is 1. The van der Waals surface area contributed by atoms with E-state index in [0.717, 1.165) is 0 Å². The van der Waals surface area contributed by atoms with Crippen molar-refractivity contribution in [1.82, 2.24) is 0 Å². The number of benzene rings is 1. The van der Waals surface area contributed by atoms with Crippen LogP contribution in [0.4, 0.5) is 0 Å². The van der Waals surface area contributed by atoms with Crippen molar-refractivity contribution in [2.24, 2.45) is 5.14 Å². The molecule has 100 valence electrons. The molecule has 0 radical (unpaired) electrons. The minimum atomic E-state index is -3.86. The normalized spacial score (nSPS) is 11.6. The highest BCUT2D eigenvalue weighted by Gasteiger charge is 2.17. The summed E-state index contributed by atoms with van der Waals surface area (Å²) in [5.41, 5.74) is 0.116. The van der Waals surface area contributed by atoms with Gasteiger partial charge in [-0.2, -0.15) is 0 Å². The molecule has 2 N–H and O–H groups in total. The van der Waals surface area contributed by atoms with Crippen molar-refractivity contribution in [3.05, 3.63) is 23.8 Å². The molecule has 7 heteroatoms. The number of carbonyl (C=O) groups excluding carboxylic acids is 1. The van der Waals surface area contributed by atoms with Crippen LogP contribution in [-0.2, 0) is 10.0 Å². The molecule has 0 bridgehead atoms. The lowest BCUT2D eigenvalue weighted by atomic mass is 10.1. The highest BCUT2D eigenvalue weighted by molar-refractivity contribution is 7.89. The maximum Gasteiger partial charge on any atom is 0.238 e. The van der Waals surface area contributed by atoms with E-state index in [-0.39, 0.29) is 22.4 Å². The van der Waals surface area contributed by atoms with Crippen molar-refractivity contribution in [2.45, 2.75) is 24.8 Å². The van der Waals surface area contributed by atoms with E-state index in [2.05, 4.69) is 0 Å². The van der Waals surface area contributed by atoms with E-state index >= 15 is 0 Å². The molecule has 0 saturated heterocycles. The number of carbonyl (C=O) groups is 1. The van der Waals surface area contributed by atoms with E-state index in [1.807, 2.05) is 0 Å². The van der Waals surface area contributed by atoms with Crippen LogP contribution in [-0.4, -0.2) is 26.2 Å². The van der Waals surface area contributed by atoms with Crippen molar-refractivity contribution in [2.75, 3.05) is 5.88 Å². The number of Topliss-reactive ketones (excluding diaryl/α,β-unsaturated/α-hetero) is 1. The van der Waals surface area contributed by atoms with E-state index in [4.69, 9.17) is 21.5 Å². The van der Waals surface area contributed by atoms with Gasteiger partial charge in [0.25, 0.3) is 0 Å². The maximum absolute atomic E-state index is 11.6. The first-order valence-corrected chi connectivity index (χ1v) is 7.26. The van der Waals surface area contributed by atoms with Gasteiger partial charge in [0.1, 0.15) is 5.75 Å². The zero-order valence-electron chi connectivity index (χ0n) is 10.0. The molecule has 0 unspecified atom stereocenters. The predicted octanol–water partition coefficient (Wildman–Crippen LogP) is 1.54. The van der Waals surface area contributed by atoms with Gasteiger partial charge in [-0.15, -0.1) is 11.6 Å². The van der Waals surface area contributed by atoms with Gasteiger partial charge in [0, 0.05) is 0 Å². The molecule has 0 fully saturated rings. The third-order valence-corrected chi connectivity index (χ3v) is 3.22. The van der Waals surface area contributed by atoms with Gasteiger partial charge >= 0.3 is 0 Å². The Kier molecular flexibility index (Phi) is 4.72. The van der Waals surface area contributed by atoms with Crippen LogP contribution in [0.15, 0.2) is 23.1 Å². The smallest absolute Gasteiger partial charge is 0.238 e. The average Bonchev–Trinajstić information content (AvgIpc) is 2.26. The predicted molar refractivity (Wildman–Crippen MR) is 68.6 cm³/mol. The fourth-order valence-electron chi connectivity index (χ4n) is 1.33. The van der Waals surface area contributed by atoms with Gasteiger partial charge in [0.05, 0.1) is 22.4 Å². The van der Waals surface area contributed by atoms with Gasteiger partial charge < -0.3 is 4.74 Å². The van der Waals surface area contributed by atoms with Crippen LogP contribution in [0.1, 0.15) is 24.2 Å². The van der Waals surface area contributed by atoms with Gasteiger partial charge in [0.2, 0.25) is 10.0 Å². The van der Waals surface area contributed by atoms with Crippen molar-refractivity contribution < 1.29 is 17.9 Å². The molecule has 1 aromatic carbocycles. The Bertz CT molecular complexity index is 554. The molecular formula is C11H14ClNO4S. The van der Waals surface area contributed by atoms with Gasteiger partial charge in [-0.25, -0.2) is 13.6 Å². The Morgan fingerprint density at radius 2 is 2.06 bits per heavy atom. The average molecular weight is 292 g/mol. The first-order valence-electron chi connectivity index (χ1n) is 5.18. The minimum absolute atomic E-state index is 0.116. The second kappa shape index (κ2) is 5.69. The zero-order valence-corrected chi connectivity index (χ0v) is 11.6. The van der Waals surface area contributed by atoms with Crippen molar-refractivity contribution in [3.63, 3.8) is 0 Å². The second-order valence-corrected chi connectivity index (χ2v) is 5.76. The summed E-state index contributed by atoms with van der Waals surface area (Å²) in [6.45, 7) is 3.59. The van der Waals surface area contributed by atoms with E-state index < -0.39 is 15.8 Å². The number of hydrogen-bond acceptors (Lipinski definition) is 4. The van der Waals surface area contributed by atoms with Gasteiger partial charge in [0.15, 0.2) is 5.78 Å². The fraction of sp³-hybridized carbons (Fsp3) is 0.364. The monoisotopic (exact) mass is 291 g/mol. The summed E-state index contributed by atoms with van der Waals surface area (Å²) in [4.78, 5) is 11.5. The van der Waals surface area contributed by atoms with Crippen LogP contribution in [0, 0.1) is 0 Å². The highest BCUT2D eigenvalue weighted by atomic mass is 35.5. The van der Waals surface area contributed by atoms with Crippen molar-refractivity contribution in [1.29, 1.82) is 0 Å². The standard InChI is InChI=1S/C11H14ClNO4S/c1-7(2)17-11-4-3-8(18(13,15)16)5-9(11)10(14)6-12/h3-5,7H,6H2,1-2H3,(H2,13,15,16). The van der Waals surface area contributed by atoms with Crippen LogP contribution in [0.5, 0.6) is 5.75 Å². The Hall–Kier alpha value is -1.11. The Labute approximate surface area is 111 Å². The maximum atomic E-state index is 11.6. The lowest BCUT2D eigenvalue weighted by molar-refractivity contribution is 0.101. The van der Waals surface area contributed by atoms with Crippen LogP contribution in [0.3, 0.4) is 0 Å². The topological polar surface area (TPSA) is 86.5 Å². The quantitative estimate of drug-likeness (QED) is 0.658. The molecule has 0 heterocycles. The lowest BCUT2D eigenvalue weighted by Gasteiger charge is -2.13. The minimum Gasteiger partial charge on any atom is -0.490 e. The van der Waals surface area contributed by atoms with Gasteiger partial charge in [-0.3, -0.25) is 4.79 Å². The first-order chi connectivity index (χ1) is 8.25. The van der Waals surface area contributed by atoms with Crippen LogP contribution >= 0.6 is 11.6 Å². The van der Waals surface area contributed by atoms with Gasteiger partial charge in [-0.05, 0) is 32.0 Å². The third-order valence-electron chi connectivity index (χ3n) is 2.06. The Morgan fingerprint density at radius 3 is 2.50 bits per heavy atom. The molecule has 0 atom stereocenters. The number of hydrogen-bond donors (Lipinski definition) is 1. The molecule has 0 aliphatic heterocycles. The van der Waals surface area contributed by atoms with Gasteiger partial charge in [-0.1, -0.05) is 0 Å². The molecule has 18 heavy (non-hydrogen) atoms. The van der Waals surface area contributed by atoms with E-state index in [0.29, 0.717) is 5.75 Å². The van der Waals surface area contributed by atoms with E-state index in [9.17, 15) is 13.2 Å². The molecule has 5 nitrogen and oxygen atoms in total. The molecule has 0 aliphatic carbocycles. The molecular weight excluding hydrogens is 278 g/mol. The largest absolute Gasteiger partial charge is 0.490 e. The number of nitrogens with two attached hydrogens (primary N) is 1. The number of alkyl halides is 1. The van der Waals surface area contributed by atoms with Crippen LogP contribution in [0.25, 0.3) is 0 Å². The molecule has 1 aromatic rings. The summed E-state index contributed by atoms with van der Waals surface area (Å²) in [5.74, 6) is -0.386. The number of sulfonamides is 1. The summed E-state index contributed by atoms with van der Waals surface area (Å²) in [7, 11) is -3.86. The SMILES string of the molecule is CC(C)Oc1ccc(S(N)(=O)=O)cc1C(=O)CCl. The summed E-state index contributed by atoms with van der Waals surface area (Å²) >= 11 is 5.48. The first kappa shape index (κ1) is 14.9. The molecule has 0 aliphatic rings. The third kappa shape index (κ3) is 3.69. The molecule has 1 rings (SSSR count).